The average Bonchev–Trinajstić information content (AvgIpc) is 3.14. The number of rotatable bonds is 6. The molecule has 2 aliphatic rings. The molecule has 2 unspecified atom stereocenters. The van der Waals surface area contributed by atoms with E-state index in [1.807, 2.05) is 7.05 Å². The zero-order chi connectivity index (χ0) is 13.9. The molecule has 0 aromatic heterocycles. The lowest BCUT2D eigenvalue weighted by atomic mass is 9.79. The summed E-state index contributed by atoms with van der Waals surface area (Å²) in [5.41, 5.74) is -0.211. The van der Waals surface area contributed by atoms with Gasteiger partial charge in [0.25, 0.3) is 0 Å². The molecule has 0 spiro atoms. The summed E-state index contributed by atoms with van der Waals surface area (Å²) in [6.45, 7) is 3.14. The Morgan fingerprint density at radius 2 is 2.11 bits per heavy atom. The van der Waals surface area contributed by atoms with Gasteiger partial charge in [0.2, 0.25) is 5.91 Å². The number of carbonyl (C=O) groups is 1. The van der Waals surface area contributed by atoms with Crippen LogP contribution in [0.2, 0.25) is 0 Å². The summed E-state index contributed by atoms with van der Waals surface area (Å²) < 4.78 is 0. The number of amidine groups is 1. The van der Waals surface area contributed by atoms with Crippen molar-refractivity contribution in [3.05, 3.63) is 0 Å². The van der Waals surface area contributed by atoms with Crippen molar-refractivity contribution in [2.75, 3.05) is 13.6 Å². The van der Waals surface area contributed by atoms with Crippen molar-refractivity contribution in [3.8, 4) is 0 Å². The van der Waals surface area contributed by atoms with Gasteiger partial charge < -0.3 is 10.6 Å². The molecule has 108 valence electrons. The molecular formula is C15H27N3O. The number of hydrogen-bond acceptors (Lipinski definition) is 3. The molecule has 3 N–H and O–H groups in total. The third-order valence-corrected chi connectivity index (χ3v) is 4.65. The summed E-state index contributed by atoms with van der Waals surface area (Å²) in [6.07, 6.45) is 7.23. The topological polar surface area (TPSA) is 65.0 Å². The third-order valence-electron chi connectivity index (χ3n) is 4.65. The first-order valence-corrected chi connectivity index (χ1v) is 7.66. The molecule has 0 radical (unpaired) electrons. The first-order valence-electron chi connectivity index (χ1n) is 7.66. The average molecular weight is 265 g/mol. The highest BCUT2D eigenvalue weighted by Crippen LogP contribution is 2.45. The first-order chi connectivity index (χ1) is 9.11. The molecule has 0 aromatic rings. The van der Waals surface area contributed by atoms with Gasteiger partial charge in [-0.05, 0) is 58.0 Å². The van der Waals surface area contributed by atoms with Crippen LogP contribution in [0.1, 0.15) is 51.9 Å². The van der Waals surface area contributed by atoms with Crippen molar-refractivity contribution in [1.29, 1.82) is 5.41 Å². The highest BCUT2D eigenvalue weighted by Gasteiger charge is 2.45. The first kappa shape index (κ1) is 14.5. The molecule has 2 atom stereocenters. The largest absolute Gasteiger partial charge is 0.319 e. The van der Waals surface area contributed by atoms with Gasteiger partial charge in [0.05, 0.1) is 0 Å². The molecule has 0 saturated heterocycles. The van der Waals surface area contributed by atoms with Crippen LogP contribution in [0.25, 0.3) is 0 Å². The predicted octanol–water partition coefficient (Wildman–Crippen LogP) is 2.30. The standard InChI is InChI=1S/C15H27N3O/c1-3-7-15(8-6-11(9-15)10-17-2)14(19)18-13(16)12-4-5-12/h11-12,17H,3-10H2,1-2H3,(H2,16,18,19). The van der Waals surface area contributed by atoms with E-state index in [1.54, 1.807) is 0 Å². The van der Waals surface area contributed by atoms with Crippen molar-refractivity contribution >= 4 is 11.7 Å². The van der Waals surface area contributed by atoms with Crippen molar-refractivity contribution < 1.29 is 4.79 Å². The second-order valence-electron chi connectivity index (χ2n) is 6.34. The quantitative estimate of drug-likeness (QED) is 0.509. The molecule has 19 heavy (non-hydrogen) atoms. The van der Waals surface area contributed by atoms with Crippen LogP contribution >= 0.6 is 0 Å². The SMILES string of the molecule is CCCC1(C(=O)NC(=N)C2CC2)CCC(CNC)C1. The van der Waals surface area contributed by atoms with Gasteiger partial charge in [-0.2, -0.15) is 0 Å². The van der Waals surface area contributed by atoms with Gasteiger partial charge in [0, 0.05) is 11.3 Å². The summed E-state index contributed by atoms with van der Waals surface area (Å²) >= 11 is 0. The van der Waals surface area contributed by atoms with Crippen molar-refractivity contribution in [2.24, 2.45) is 17.3 Å². The molecule has 0 heterocycles. The Morgan fingerprint density at radius 1 is 1.37 bits per heavy atom. The van der Waals surface area contributed by atoms with Crippen LogP contribution in [0.3, 0.4) is 0 Å². The fourth-order valence-corrected chi connectivity index (χ4v) is 3.45. The lowest BCUT2D eigenvalue weighted by Crippen LogP contribution is -2.43. The highest BCUT2D eigenvalue weighted by molar-refractivity contribution is 6.01. The van der Waals surface area contributed by atoms with E-state index in [2.05, 4.69) is 17.6 Å². The van der Waals surface area contributed by atoms with Gasteiger partial charge in [-0.3, -0.25) is 10.2 Å². The van der Waals surface area contributed by atoms with Gasteiger partial charge in [-0.15, -0.1) is 0 Å². The molecule has 2 saturated carbocycles. The summed E-state index contributed by atoms with van der Waals surface area (Å²) in [4.78, 5) is 12.6. The number of carbonyl (C=O) groups excluding carboxylic acids is 1. The van der Waals surface area contributed by atoms with Crippen molar-refractivity contribution in [3.63, 3.8) is 0 Å². The maximum absolute atomic E-state index is 12.6. The van der Waals surface area contributed by atoms with Crippen LogP contribution in [0, 0.1) is 22.7 Å². The number of amides is 1. The highest BCUT2D eigenvalue weighted by atomic mass is 16.2. The Labute approximate surface area is 116 Å². The minimum absolute atomic E-state index is 0.116. The molecule has 2 fully saturated rings. The molecule has 4 heteroatoms. The fraction of sp³-hybridized carbons (Fsp3) is 0.867. The molecule has 2 aliphatic carbocycles. The van der Waals surface area contributed by atoms with Crippen molar-refractivity contribution in [2.45, 2.75) is 51.9 Å². The number of nitrogens with one attached hydrogen (secondary N) is 3. The molecule has 0 aromatic carbocycles. The Kier molecular flexibility index (Phi) is 4.61. The lowest BCUT2D eigenvalue weighted by molar-refractivity contribution is -0.130. The van der Waals surface area contributed by atoms with Gasteiger partial charge in [-0.25, -0.2) is 0 Å². The van der Waals surface area contributed by atoms with E-state index in [9.17, 15) is 4.79 Å². The van der Waals surface area contributed by atoms with E-state index in [-0.39, 0.29) is 11.3 Å². The van der Waals surface area contributed by atoms with Crippen LogP contribution in [0.5, 0.6) is 0 Å². The zero-order valence-electron chi connectivity index (χ0n) is 12.2. The molecule has 0 aliphatic heterocycles. The van der Waals surface area contributed by atoms with E-state index in [0.717, 1.165) is 51.5 Å². The van der Waals surface area contributed by atoms with Crippen LogP contribution in [0.15, 0.2) is 0 Å². The summed E-state index contributed by atoms with van der Waals surface area (Å²) in [5.74, 6) is 1.51. The Morgan fingerprint density at radius 3 is 2.68 bits per heavy atom. The monoisotopic (exact) mass is 265 g/mol. The van der Waals surface area contributed by atoms with Crippen LogP contribution in [0.4, 0.5) is 0 Å². The smallest absolute Gasteiger partial charge is 0.231 e. The van der Waals surface area contributed by atoms with Crippen LogP contribution in [-0.2, 0) is 4.79 Å². The Balaban J connectivity index is 1.97. The van der Waals surface area contributed by atoms with E-state index in [4.69, 9.17) is 5.41 Å². The minimum Gasteiger partial charge on any atom is -0.319 e. The van der Waals surface area contributed by atoms with Gasteiger partial charge in [0.15, 0.2) is 0 Å². The van der Waals surface area contributed by atoms with Crippen molar-refractivity contribution in [1.82, 2.24) is 10.6 Å². The Bertz CT molecular complexity index is 351. The maximum atomic E-state index is 12.6. The van der Waals surface area contributed by atoms with E-state index < -0.39 is 0 Å². The van der Waals surface area contributed by atoms with Crippen LogP contribution < -0.4 is 10.6 Å². The van der Waals surface area contributed by atoms with E-state index in [0.29, 0.717) is 17.7 Å². The molecule has 1 amide bonds. The summed E-state index contributed by atoms with van der Waals surface area (Å²) in [5, 5.41) is 14.0. The second-order valence-corrected chi connectivity index (χ2v) is 6.34. The van der Waals surface area contributed by atoms with Gasteiger partial charge in [0.1, 0.15) is 5.84 Å². The van der Waals surface area contributed by atoms with Crippen LogP contribution in [-0.4, -0.2) is 25.3 Å². The van der Waals surface area contributed by atoms with E-state index >= 15 is 0 Å². The minimum atomic E-state index is -0.211. The van der Waals surface area contributed by atoms with Gasteiger partial charge >= 0.3 is 0 Å². The summed E-state index contributed by atoms with van der Waals surface area (Å²) in [7, 11) is 1.97. The van der Waals surface area contributed by atoms with Gasteiger partial charge in [-0.1, -0.05) is 13.3 Å². The predicted molar refractivity (Wildman–Crippen MR) is 77.2 cm³/mol. The molecule has 0 bridgehead atoms. The summed E-state index contributed by atoms with van der Waals surface area (Å²) in [6, 6.07) is 0. The maximum Gasteiger partial charge on any atom is 0.231 e. The Hall–Kier alpha value is -0.900. The lowest BCUT2D eigenvalue weighted by Gasteiger charge is -2.28. The zero-order valence-corrected chi connectivity index (χ0v) is 12.2. The number of hydrogen-bond donors (Lipinski definition) is 3. The molecule has 4 nitrogen and oxygen atoms in total. The molecule has 2 rings (SSSR count). The second kappa shape index (κ2) is 6.04. The fourth-order valence-electron chi connectivity index (χ4n) is 3.45. The normalized spacial score (nSPS) is 30.3. The molecular weight excluding hydrogens is 238 g/mol. The van der Waals surface area contributed by atoms with E-state index in [1.165, 1.54) is 0 Å². The third kappa shape index (κ3) is 3.35.